The maximum Gasteiger partial charge on any atom is 0.472 e. The second-order valence-corrected chi connectivity index (χ2v) is 33.1. The summed E-state index contributed by atoms with van der Waals surface area (Å²) < 4.78 is 68.7. The van der Waals surface area contributed by atoms with Gasteiger partial charge in [-0.25, -0.2) is 9.13 Å². The molecule has 0 aromatic carbocycles. The Hall–Kier alpha value is -1.94. The highest BCUT2D eigenvalue weighted by Gasteiger charge is 2.30. The maximum atomic E-state index is 13.1. The Bertz CT molecular complexity index is 1940. The Kier molecular flexibility index (Phi) is 67.8. The summed E-state index contributed by atoms with van der Waals surface area (Å²) in [6.07, 6.45) is 55.2. The molecule has 0 aromatic rings. The number of hydrogen-bond acceptors (Lipinski definition) is 15. The van der Waals surface area contributed by atoms with Gasteiger partial charge in [0.1, 0.15) is 19.3 Å². The van der Waals surface area contributed by atoms with Crippen molar-refractivity contribution in [3.8, 4) is 0 Å². The molecule has 99 heavy (non-hydrogen) atoms. The predicted octanol–water partition coefficient (Wildman–Crippen LogP) is 23.6. The van der Waals surface area contributed by atoms with Crippen LogP contribution in [0.4, 0.5) is 0 Å². The molecule has 0 radical (unpaired) electrons. The number of hydrogen-bond donors (Lipinski definition) is 3. The molecule has 588 valence electrons. The number of esters is 4. The monoisotopic (exact) mass is 1450 g/mol. The van der Waals surface area contributed by atoms with E-state index in [1.165, 1.54) is 212 Å². The third-order valence-corrected chi connectivity index (χ3v) is 21.2. The van der Waals surface area contributed by atoms with Crippen molar-refractivity contribution in [1.82, 2.24) is 0 Å². The van der Waals surface area contributed by atoms with E-state index in [2.05, 4.69) is 55.4 Å². The number of ether oxygens (including phenoxy) is 4. The van der Waals surface area contributed by atoms with E-state index in [-0.39, 0.29) is 25.7 Å². The first-order valence-electron chi connectivity index (χ1n) is 41.3. The van der Waals surface area contributed by atoms with E-state index in [9.17, 15) is 43.2 Å². The third-order valence-electron chi connectivity index (χ3n) is 19.3. The van der Waals surface area contributed by atoms with Gasteiger partial charge in [-0.05, 0) is 49.4 Å². The molecule has 0 aliphatic carbocycles. The van der Waals surface area contributed by atoms with E-state index >= 15 is 0 Å². The Morgan fingerprint density at radius 3 is 0.717 bits per heavy atom. The van der Waals surface area contributed by atoms with Gasteiger partial charge in [0.2, 0.25) is 0 Å². The van der Waals surface area contributed by atoms with Gasteiger partial charge in [0, 0.05) is 25.7 Å². The number of carbonyl (C=O) groups excluding carboxylic acids is 4. The average molecular weight is 1450 g/mol. The molecule has 0 aliphatic heterocycles. The van der Waals surface area contributed by atoms with Crippen LogP contribution < -0.4 is 0 Å². The first-order valence-corrected chi connectivity index (χ1v) is 44.3. The molecule has 19 heteroatoms. The summed E-state index contributed by atoms with van der Waals surface area (Å²) in [7, 11) is -9.92. The van der Waals surface area contributed by atoms with Crippen molar-refractivity contribution in [1.29, 1.82) is 0 Å². The molecule has 0 aromatic heterocycles. The number of unbranched alkanes of at least 4 members (excludes halogenated alkanes) is 41. The number of phosphoric ester groups is 2. The normalized spacial score (nSPS) is 14.6. The standard InChI is InChI=1S/C80H156O17P2/c1-9-72(7)58-50-42-34-26-17-13-11-12-14-18-30-38-46-54-62-79(84)96-75(66-90-77(82)60-52-44-36-28-19-15-16-24-32-40-48-56-70(3)4)68-94-98(86,87)92-64-74(81)65-93-99(88,89)95-69-76(67-91-78(83)61-53-45-37-29-22-20-25-33-41-49-57-71(5)6)97-80(85)63-55-47-39-31-23-21-27-35-43-51-59-73(8)10-2/h70-76,81H,9-69H2,1-8H3,(H,86,87)(H,88,89)/t72?,73?,74-,75-,76-/m1/s1. The first-order chi connectivity index (χ1) is 47.7. The number of phosphoric acid groups is 2. The van der Waals surface area contributed by atoms with Gasteiger partial charge in [0.05, 0.1) is 26.4 Å². The summed E-state index contributed by atoms with van der Waals surface area (Å²) in [6, 6.07) is 0. The van der Waals surface area contributed by atoms with Crippen LogP contribution in [0.2, 0.25) is 0 Å². The van der Waals surface area contributed by atoms with Crippen LogP contribution in [0.1, 0.15) is 409 Å². The molecule has 0 spiro atoms. The zero-order chi connectivity index (χ0) is 73.1. The molecule has 4 unspecified atom stereocenters. The summed E-state index contributed by atoms with van der Waals surface area (Å²) in [5.41, 5.74) is 0. The highest BCUT2D eigenvalue weighted by atomic mass is 31.2. The lowest BCUT2D eigenvalue weighted by Crippen LogP contribution is -2.30. The van der Waals surface area contributed by atoms with E-state index in [0.29, 0.717) is 25.7 Å². The minimum Gasteiger partial charge on any atom is -0.462 e. The molecule has 0 saturated heterocycles. The van der Waals surface area contributed by atoms with Crippen molar-refractivity contribution in [3.05, 3.63) is 0 Å². The fourth-order valence-corrected chi connectivity index (χ4v) is 13.8. The summed E-state index contributed by atoms with van der Waals surface area (Å²) >= 11 is 0. The Balaban J connectivity index is 5.28. The van der Waals surface area contributed by atoms with Crippen LogP contribution in [0.5, 0.6) is 0 Å². The van der Waals surface area contributed by atoms with Gasteiger partial charge in [-0.1, -0.05) is 357 Å². The van der Waals surface area contributed by atoms with E-state index in [1.54, 1.807) is 0 Å². The first kappa shape index (κ1) is 97.1. The van der Waals surface area contributed by atoms with E-state index in [1.807, 2.05) is 0 Å². The fraction of sp³-hybridized carbons (Fsp3) is 0.950. The number of aliphatic hydroxyl groups excluding tert-OH is 1. The molecule has 17 nitrogen and oxygen atoms in total. The summed E-state index contributed by atoms with van der Waals surface area (Å²) in [4.78, 5) is 73.0. The summed E-state index contributed by atoms with van der Waals surface area (Å²) in [6.45, 7) is 14.3. The van der Waals surface area contributed by atoms with Gasteiger partial charge < -0.3 is 33.8 Å². The van der Waals surface area contributed by atoms with Gasteiger partial charge in [-0.15, -0.1) is 0 Å². The smallest absolute Gasteiger partial charge is 0.462 e. The van der Waals surface area contributed by atoms with Gasteiger partial charge in [0.15, 0.2) is 12.2 Å². The molecule has 0 bridgehead atoms. The van der Waals surface area contributed by atoms with Crippen molar-refractivity contribution in [2.45, 2.75) is 427 Å². The Morgan fingerprint density at radius 1 is 0.283 bits per heavy atom. The number of aliphatic hydroxyl groups is 1. The number of rotatable bonds is 77. The van der Waals surface area contributed by atoms with Crippen LogP contribution in [0.3, 0.4) is 0 Å². The van der Waals surface area contributed by atoms with Gasteiger partial charge in [-0.3, -0.25) is 37.3 Å². The molecule has 0 fully saturated rings. The molecule has 0 amide bonds. The van der Waals surface area contributed by atoms with Crippen LogP contribution in [0.15, 0.2) is 0 Å². The maximum absolute atomic E-state index is 13.1. The van der Waals surface area contributed by atoms with Crippen LogP contribution in [0, 0.1) is 23.7 Å². The zero-order valence-electron chi connectivity index (χ0n) is 65.1. The molecule has 3 N–H and O–H groups in total. The quantitative estimate of drug-likeness (QED) is 0.0222. The van der Waals surface area contributed by atoms with E-state index in [0.717, 1.165) is 114 Å². The second kappa shape index (κ2) is 69.1. The Morgan fingerprint density at radius 2 is 0.485 bits per heavy atom. The van der Waals surface area contributed by atoms with Crippen LogP contribution in [-0.4, -0.2) is 96.7 Å². The third kappa shape index (κ3) is 71.5. The van der Waals surface area contributed by atoms with Crippen molar-refractivity contribution < 1.29 is 80.2 Å². The summed E-state index contributed by atoms with van der Waals surface area (Å²) in [5.74, 6) is 1.06. The van der Waals surface area contributed by atoms with Gasteiger partial charge >= 0.3 is 39.5 Å². The lowest BCUT2D eigenvalue weighted by Gasteiger charge is -2.21. The summed E-state index contributed by atoms with van der Waals surface area (Å²) in [5, 5.41) is 10.6. The molecule has 0 saturated carbocycles. The Labute approximate surface area is 607 Å². The number of carbonyl (C=O) groups is 4. The molecule has 0 aliphatic rings. The zero-order valence-corrected chi connectivity index (χ0v) is 66.9. The largest absolute Gasteiger partial charge is 0.472 e. The minimum atomic E-state index is -4.96. The van der Waals surface area contributed by atoms with Crippen molar-refractivity contribution in [2.24, 2.45) is 23.7 Å². The van der Waals surface area contributed by atoms with Crippen molar-refractivity contribution in [3.63, 3.8) is 0 Å². The second-order valence-electron chi connectivity index (χ2n) is 30.2. The molecule has 0 heterocycles. The average Bonchev–Trinajstić information content (AvgIpc) is 0.993. The van der Waals surface area contributed by atoms with Crippen LogP contribution in [-0.2, 0) is 65.4 Å². The van der Waals surface area contributed by atoms with E-state index in [4.69, 9.17) is 37.0 Å². The lowest BCUT2D eigenvalue weighted by atomic mass is 9.99. The van der Waals surface area contributed by atoms with Crippen molar-refractivity contribution in [2.75, 3.05) is 39.6 Å². The van der Waals surface area contributed by atoms with Crippen molar-refractivity contribution >= 4 is 39.5 Å². The van der Waals surface area contributed by atoms with E-state index < -0.39 is 97.5 Å². The lowest BCUT2D eigenvalue weighted by molar-refractivity contribution is -0.161. The molecular weight excluding hydrogens is 1290 g/mol. The minimum absolute atomic E-state index is 0.106. The highest BCUT2D eigenvalue weighted by Crippen LogP contribution is 2.45. The van der Waals surface area contributed by atoms with Crippen LogP contribution >= 0.6 is 15.6 Å². The molecule has 0 rings (SSSR count). The van der Waals surface area contributed by atoms with Gasteiger partial charge in [0.25, 0.3) is 0 Å². The SMILES string of the molecule is CCC(C)CCCCCCCCCCCCCCCCC(=O)O[C@H](COC(=O)CCCCCCCCCCCCCC(C)C)COP(=O)(O)OC[C@@H](O)COP(=O)(O)OC[C@@H](COC(=O)CCCCCCCCCCCCC(C)C)OC(=O)CCCCCCCCCCCCC(C)CC. The molecule has 7 atom stereocenters. The molecular formula is C80H156O17P2. The highest BCUT2D eigenvalue weighted by molar-refractivity contribution is 7.47. The fourth-order valence-electron chi connectivity index (χ4n) is 12.2. The topological polar surface area (TPSA) is 237 Å². The van der Waals surface area contributed by atoms with Crippen LogP contribution in [0.25, 0.3) is 0 Å². The van der Waals surface area contributed by atoms with Gasteiger partial charge in [-0.2, -0.15) is 0 Å². The predicted molar refractivity (Wildman–Crippen MR) is 404 cm³/mol.